The number of hydrogen-bond acceptors (Lipinski definition) is 4. The minimum absolute atomic E-state index is 0.407. The second kappa shape index (κ2) is 4.58. The van der Waals surface area contributed by atoms with Gasteiger partial charge in [0.2, 0.25) is 0 Å². The Labute approximate surface area is 104 Å². The highest BCUT2D eigenvalue weighted by Crippen LogP contribution is 2.26. The highest BCUT2D eigenvalue weighted by atomic mass is 32.2. The van der Waals surface area contributed by atoms with Gasteiger partial charge in [-0.1, -0.05) is 0 Å². The van der Waals surface area contributed by atoms with E-state index >= 15 is 0 Å². The van der Waals surface area contributed by atoms with Gasteiger partial charge in [0.15, 0.2) is 0 Å². The van der Waals surface area contributed by atoms with E-state index in [2.05, 4.69) is 39.3 Å². The van der Waals surface area contributed by atoms with E-state index in [1.54, 1.807) is 6.33 Å². The van der Waals surface area contributed by atoms with E-state index in [0.717, 1.165) is 30.8 Å². The second-order valence-corrected chi connectivity index (χ2v) is 5.08. The molecule has 1 fully saturated rings. The lowest BCUT2D eigenvalue weighted by Crippen LogP contribution is -2.43. The van der Waals surface area contributed by atoms with Crippen molar-refractivity contribution in [2.75, 3.05) is 30.9 Å². The van der Waals surface area contributed by atoms with Crippen LogP contribution in [-0.2, 0) is 4.74 Å². The molecule has 3 rings (SSSR count). The van der Waals surface area contributed by atoms with Crippen LogP contribution >= 0.6 is 11.8 Å². The number of nitrogens with zero attached hydrogens (tertiary/aromatic N) is 2. The first-order valence-corrected chi connectivity index (χ1v) is 6.97. The first-order valence-electron chi connectivity index (χ1n) is 5.69. The first kappa shape index (κ1) is 10.9. The molecule has 5 heteroatoms. The fraction of sp³-hybridized carbons (Fsp3) is 0.417. The molecule has 1 aliphatic rings. The van der Waals surface area contributed by atoms with Crippen LogP contribution in [0.5, 0.6) is 0 Å². The summed E-state index contributed by atoms with van der Waals surface area (Å²) in [6.45, 7) is 2.55. The standard InChI is InChI=1S/C12H15N3OS/c1-17-12-7-16-5-4-15(12)9-2-3-10-11(6-9)14-8-13-10/h2-3,6,8,12H,4-5,7H2,1H3,(H,13,14). The molecular weight excluding hydrogens is 234 g/mol. The number of imidazole rings is 1. The molecule has 2 aromatic rings. The van der Waals surface area contributed by atoms with E-state index in [0.29, 0.717) is 5.37 Å². The SMILES string of the molecule is CSC1COCCN1c1ccc2nc[nH]c2c1. The second-order valence-electron chi connectivity index (χ2n) is 4.06. The van der Waals surface area contributed by atoms with Crippen molar-refractivity contribution in [2.45, 2.75) is 5.37 Å². The summed E-state index contributed by atoms with van der Waals surface area (Å²) in [6.07, 6.45) is 3.86. The number of anilines is 1. The molecule has 2 heterocycles. The number of nitrogens with one attached hydrogen (secondary N) is 1. The number of morpholine rings is 1. The van der Waals surface area contributed by atoms with E-state index in [1.165, 1.54) is 5.69 Å². The van der Waals surface area contributed by atoms with E-state index < -0.39 is 0 Å². The Kier molecular flexibility index (Phi) is 2.94. The number of hydrogen-bond donors (Lipinski definition) is 1. The van der Waals surface area contributed by atoms with E-state index in [1.807, 2.05) is 11.8 Å². The fourth-order valence-electron chi connectivity index (χ4n) is 2.17. The van der Waals surface area contributed by atoms with Crippen LogP contribution < -0.4 is 4.90 Å². The number of fused-ring (bicyclic) bond motifs is 1. The molecule has 0 saturated carbocycles. The summed E-state index contributed by atoms with van der Waals surface area (Å²) in [4.78, 5) is 9.79. The molecule has 90 valence electrons. The Morgan fingerprint density at radius 2 is 2.47 bits per heavy atom. The van der Waals surface area contributed by atoms with Crippen LogP contribution in [0.3, 0.4) is 0 Å². The van der Waals surface area contributed by atoms with Crippen LogP contribution in [0.1, 0.15) is 0 Å². The molecule has 1 aromatic heterocycles. The number of H-pyrrole nitrogens is 1. The Bertz CT molecular complexity index is 513. The normalized spacial score (nSPS) is 21.0. The average molecular weight is 249 g/mol. The van der Waals surface area contributed by atoms with Gasteiger partial charge in [0, 0.05) is 12.2 Å². The van der Waals surface area contributed by atoms with Crippen molar-refractivity contribution in [1.82, 2.24) is 9.97 Å². The predicted molar refractivity (Wildman–Crippen MR) is 71.6 cm³/mol. The maximum Gasteiger partial charge on any atom is 0.0982 e. The number of ether oxygens (including phenoxy) is 1. The predicted octanol–water partition coefficient (Wildman–Crippen LogP) is 2.09. The van der Waals surface area contributed by atoms with Gasteiger partial charge in [-0.2, -0.15) is 0 Å². The highest BCUT2D eigenvalue weighted by molar-refractivity contribution is 7.99. The van der Waals surface area contributed by atoms with E-state index in [9.17, 15) is 0 Å². The van der Waals surface area contributed by atoms with Crippen molar-refractivity contribution in [2.24, 2.45) is 0 Å². The minimum Gasteiger partial charge on any atom is -0.377 e. The zero-order valence-electron chi connectivity index (χ0n) is 9.72. The topological polar surface area (TPSA) is 41.1 Å². The monoisotopic (exact) mass is 249 g/mol. The molecule has 0 aliphatic carbocycles. The number of aromatic nitrogens is 2. The Morgan fingerprint density at radius 3 is 3.35 bits per heavy atom. The number of thioether (sulfide) groups is 1. The van der Waals surface area contributed by atoms with Gasteiger partial charge in [-0.15, -0.1) is 11.8 Å². The van der Waals surface area contributed by atoms with Crippen LogP contribution in [0.25, 0.3) is 11.0 Å². The van der Waals surface area contributed by atoms with Crippen molar-refractivity contribution >= 4 is 28.5 Å². The summed E-state index contributed by atoms with van der Waals surface area (Å²) in [6, 6.07) is 6.36. The largest absolute Gasteiger partial charge is 0.377 e. The zero-order valence-corrected chi connectivity index (χ0v) is 10.5. The van der Waals surface area contributed by atoms with Crippen molar-refractivity contribution in [3.8, 4) is 0 Å². The third kappa shape index (κ3) is 2.00. The van der Waals surface area contributed by atoms with Gasteiger partial charge in [0.25, 0.3) is 0 Å². The summed E-state index contributed by atoms with van der Waals surface area (Å²) in [5, 5.41) is 0.407. The Balaban J connectivity index is 1.95. The van der Waals surface area contributed by atoms with Gasteiger partial charge in [0.05, 0.1) is 35.9 Å². The third-order valence-corrected chi connectivity index (χ3v) is 4.03. The van der Waals surface area contributed by atoms with E-state index in [-0.39, 0.29) is 0 Å². The van der Waals surface area contributed by atoms with Crippen molar-refractivity contribution in [1.29, 1.82) is 0 Å². The van der Waals surface area contributed by atoms with Crippen molar-refractivity contribution in [3.63, 3.8) is 0 Å². The fourth-order valence-corrected chi connectivity index (χ4v) is 2.89. The van der Waals surface area contributed by atoms with Crippen molar-refractivity contribution in [3.05, 3.63) is 24.5 Å². The number of benzene rings is 1. The quantitative estimate of drug-likeness (QED) is 0.885. The van der Waals surface area contributed by atoms with Gasteiger partial charge < -0.3 is 14.6 Å². The lowest BCUT2D eigenvalue weighted by Gasteiger charge is -2.36. The summed E-state index contributed by atoms with van der Waals surface area (Å²) in [5.41, 5.74) is 3.35. The zero-order chi connectivity index (χ0) is 11.7. The van der Waals surface area contributed by atoms with Gasteiger partial charge in [-0.25, -0.2) is 4.98 Å². The molecule has 1 aliphatic heterocycles. The molecule has 0 bridgehead atoms. The van der Waals surface area contributed by atoms with Gasteiger partial charge in [-0.3, -0.25) is 0 Å². The summed E-state index contributed by atoms with van der Waals surface area (Å²) in [7, 11) is 0. The molecule has 0 spiro atoms. The van der Waals surface area contributed by atoms with Gasteiger partial charge in [0.1, 0.15) is 0 Å². The number of rotatable bonds is 2. The van der Waals surface area contributed by atoms with E-state index in [4.69, 9.17) is 4.74 Å². The molecule has 17 heavy (non-hydrogen) atoms. The molecule has 0 amide bonds. The van der Waals surface area contributed by atoms with Crippen LogP contribution in [0.15, 0.2) is 24.5 Å². The first-order chi connectivity index (χ1) is 8.38. The Hall–Kier alpha value is -1.20. The van der Waals surface area contributed by atoms with Gasteiger partial charge >= 0.3 is 0 Å². The maximum atomic E-state index is 5.51. The molecule has 0 radical (unpaired) electrons. The summed E-state index contributed by atoms with van der Waals surface area (Å²) in [5.74, 6) is 0. The van der Waals surface area contributed by atoms with Gasteiger partial charge in [-0.05, 0) is 24.5 Å². The molecular formula is C12H15N3OS. The molecule has 1 N–H and O–H groups in total. The van der Waals surface area contributed by atoms with Crippen LogP contribution in [-0.4, -0.2) is 41.4 Å². The highest BCUT2D eigenvalue weighted by Gasteiger charge is 2.22. The van der Waals surface area contributed by atoms with Crippen molar-refractivity contribution < 1.29 is 4.74 Å². The smallest absolute Gasteiger partial charge is 0.0982 e. The molecule has 1 unspecified atom stereocenters. The molecule has 1 saturated heterocycles. The van der Waals surface area contributed by atoms with Crippen LogP contribution in [0.4, 0.5) is 5.69 Å². The molecule has 4 nitrogen and oxygen atoms in total. The lowest BCUT2D eigenvalue weighted by molar-refractivity contribution is 0.115. The minimum atomic E-state index is 0.407. The maximum absolute atomic E-state index is 5.51. The lowest BCUT2D eigenvalue weighted by atomic mass is 10.2. The average Bonchev–Trinajstić information content (AvgIpc) is 2.85. The molecule has 1 atom stereocenters. The van der Waals surface area contributed by atoms with Crippen LogP contribution in [0.2, 0.25) is 0 Å². The third-order valence-electron chi connectivity index (χ3n) is 3.09. The van der Waals surface area contributed by atoms with Crippen LogP contribution in [0, 0.1) is 0 Å². The number of aromatic amines is 1. The summed E-state index contributed by atoms with van der Waals surface area (Å²) < 4.78 is 5.51. The molecule has 1 aromatic carbocycles. The Morgan fingerprint density at radius 1 is 1.53 bits per heavy atom. The summed E-state index contributed by atoms with van der Waals surface area (Å²) >= 11 is 1.83.